The lowest BCUT2D eigenvalue weighted by Gasteiger charge is -2.29. The number of halogens is 1. The van der Waals surface area contributed by atoms with Crippen molar-refractivity contribution in [1.82, 2.24) is 4.90 Å². The molecule has 0 aromatic heterocycles. The number of imide groups is 1. The molecule has 7 heteroatoms. The monoisotopic (exact) mass is 497 g/mol. The first-order valence-corrected chi connectivity index (χ1v) is 12.5. The van der Waals surface area contributed by atoms with Crippen LogP contribution in [-0.4, -0.2) is 30.1 Å². The van der Waals surface area contributed by atoms with E-state index < -0.39 is 18.9 Å². The van der Waals surface area contributed by atoms with Crippen LogP contribution in [0.2, 0.25) is 0 Å². The second kappa shape index (κ2) is 9.21. The number of rotatable bonds is 6. The van der Waals surface area contributed by atoms with E-state index in [4.69, 9.17) is 4.74 Å². The Balaban J connectivity index is 1.86. The minimum Gasteiger partial charge on any atom is -0.447 e. The molecule has 0 unspecified atom stereocenters. The fourth-order valence-electron chi connectivity index (χ4n) is 3.84. The van der Waals surface area contributed by atoms with E-state index in [1.54, 1.807) is 0 Å². The molecule has 0 saturated carbocycles. The molecular formula is C24H21BrNO4P. The quantitative estimate of drug-likeness (QED) is 0.455. The normalized spacial score (nSPS) is 14.9. The second-order valence-corrected chi connectivity index (χ2v) is 11.1. The summed E-state index contributed by atoms with van der Waals surface area (Å²) in [6.45, 7) is 0.397. The number of ether oxygens (including phenoxy) is 1. The lowest BCUT2D eigenvalue weighted by Crippen LogP contribution is -2.34. The maximum Gasteiger partial charge on any atom is 0.416 e. The van der Waals surface area contributed by atoms with E-state index in [9.17, 15) is 14.2 Å². The molecule has 0 spiro atoms. The Morgan fingerprint density at radius 1 is 0.935 bits per heavy atom. The first-order valence-electron chi connectivity index (χ1n) is 9.93. The number of cyclic esters (lactones) is 1. The maximum absolute atomic E-state index is 14.9. The number of carbonyl (C=O) groups excluding carboxylic acids is 2. The molecule has 31 heavy (non-hydrogen) atoms. The van der Waals surface area contributed by atoms with Crippen LogP contribution in [-0.2, 0) is 14.1 Å². The van der Waals surface area contributed by atoms with Gasteiger partial charge in [-0.25, -0.2) is 9.69 Å². The van der Waals surface area contributed by atoms with Gasteiger partial charge in [0.15, 0.2) is 7.14 Å². The first kappa shape index (κ1) is 21.5. The number of hydrogen-bond donors (Lipinski definition) is 0. The Hall–Kier alpha value is -2.69. The van der Waals surface area contributed by atoms with Crippen molar-refractivity contribution in [3.63, 3.8) is 0 Å². The van der Waals surface area contributed by atoms with Crippen molar-refractivity contribution in [2.75, 3.05) is 13.2 Å². The number of hydrogen-bond acceptors (Lipinski definition) is 4. The van der Waals surface area contributed by atoms with Crippen molar-refractivity contribution < 1.29 is 18.9 Å². The molecule has 1 aliphatic heterocycles. The van der Waals surface area contributed by atoms with Crippen LogP contribution in [0.3, 0.4) is 0 Å². The van der Waals surface area contributed by atoms with E-state index >= 15 is 0 Å². The predicted octanol–water partition coefficient (Wildman–Crippen LogP) is 4.87. The largest absolute Gasteiger partial charge is 0.447 e. The van der Waals surface area contributed by atoms with Crippen LogP contribution < -0.4 is 10.6 Å². The lowest BCUT2D eigenvalue weighted by molar-refractivity contribution is -0.127. The van der Waals surface area contributed by atoms with Crippen molar-refractivity contribution >= 4 is 45.7 Å². The third kappa shape index (κ3) is 4.36. The highest BCUT2D eigenvalue weighted by Gasteiger charge is 2.41. The van der Waals surface area contributed by atoms with E-state index in [0.29, 0.717) is 10.6 Å². The molecule has 1 atom stereocenters. The Morgan fingerprint density at radius 2 is 1.48 bits per heavy atom. The zero-order valence-corrected chi connectivity index (χ0v) is 19.2. The predicted molar refractivity (Wildman–Crippen MR) is 124 cm³/mol. The van der Waals surface area contributed by atoms with Gasteiger partial charge in [0.1, 0.15) is 6.61 Å². The van der Waals surface area contributed by atoms with Crippen molar-refractivity contribution in [2.24, 2.45) is 0 Å². The lowest BCUT2D eigenvalue weighted by atomic mass is 10.1. The van der Waals surface area contributed by atoms with Crippen LogP contribution in [0.4, 0.5) is 4.79 Å². The molecule has 2 amide bonds. The molecular weight excluding hydrogens is 477 g/mol. The summed E-state index contributed by atoms with van der Waals surface area (Å²) in [5.74, 6) is -0.387. The summed E-state index contributed by atoms with van der Waals surface area (Å²) in [6, 6.07) is 26.0. The summed E-state index contributed by atoms with van der Waals surface area (Å²) < 4.78 is 20.8. The summed E-state index contributed by atoms with van der Waals surface area (Å²) in [7, 11) is -3.30. The van der Waals surface area contributed by atoms with Crippen LogP contribution in [0, 0.1) is 0 Å². The van der Waals surface area contributed by atoms with Gasteiger partial charge in [-0.3, -0.25) is 4.79 Å². The van der Waals surface area contributed by atoms with Crippen molar-refractivity contribution in [2.45, 2.75) is 12.1 Å². The van der Waals surface area contributed by atoms with Crippen LogP contribution >= 0.6 is 23.1 Å². The first-order chi connectivity index (χ1) is 15.0. The summed E-state index contributed by atoms with van der Waals surface area (Å²) in [6.07, 6.45) is -0.716. The average Bonchev–Trinajstić information content (AvgIpc) is 3.25. The SMILES string of the molecule is O=C(C[C@@H](c1ccc(Br)cc1)P(=O)(c1ccccc1)c1ccccc1)N1CCOC1=O. The summed E-state index contributed by atoms with van der Waals surface area (Å²) in [4.78, 5) is 26.2. The molecule has 0 radical (unpaired) electrons. The second-order valence-electron chi connectivity index (χ2n) is 7.26. The highest BCUT2D eigenvalue weighted by Crippen LogP contribution is 2.59. The van der Waals surface area contributed by atoms with Gasteiger partial charge in [0.25, 0.3) is 0 Å². The molecule has 158 valence electrons. The van der Waals surface area contributed by atoms with Crippen molar-refractivity contribution in [3.8, 4) is 0 Å². The molecule has 0 N–H and O–H groups in total. The number of amides is 2. The zero-order chi connectivity index (χ0) is 21.8. The third-order valence-corrected chi connectivity index (χ3v) is 9.42. The fraction of sp³-hybridized carbons (Fsp3) is 0.167. The van der Waals surface area contributed by atoms with Gasteiger partial charge >= 0.3 is 6.09 Å². The van der Waals surface area contributed by atoms with Gasteiger partial charge in [0.05, 0.1) is 12.2 Å². The van der Waals surface area contributed by atoms with Gasteiger partial charge in [-0.05, 0) is 17.7 Å². The molecule has 4 rings (SSSR count). The highest BCUT2D eigenvalue weighted by atomic mass is 79.9. The van der Waals surface area contributed by atoms with Crippen molar-refractivity contribution in [1.29, 1.82) is 0 Å². The minimum atomic E-state index is -3.30. The van der Waals surface area contributed by atoms with E-state index in [-0.39, 0.29) is 25.5 Å². The van der Waals surface area contributed by atoms with Gasteiger partial charge < -0.3 is 9.30 Å². The van der Waals surface area contributed by atoms with Crippen LogP contribution in [0.1, 0.15) is 17.6 Å². The summed E-state index contributed by atoms with van der Waals surface area (Å²) in [5, 5.41) is 1.34. The van der Waals surface area contributed by atoms with E-state index in [0.717, 1.165) is 14.9 Å². The number of nitrogens with zero attached hydrogens (tertiary/aromatic N) is 1. The highest BCUT2D eigenvalue weighted by molar-refractivity contribution is 9.10. The minimum absolute atomic E-state index is 0.0716. The maximum atomic E-state index is 14.9. The molecule has 1 fully saturated rings. The van der Waals surface area contributed by atoms with E-state index in [1.807, 2.05) is 84.9 Å². The van der Waals surface area contributed by atoms with Gasteiger partial charge in [0, 0.05) is 21.5 Å². The Bertz CT molecular complexity index is 1080. The van der Waals surface area contributed by atoms with Crippen LogP contribution in [0.25, 0.3) is 0 Å². The standard InChI is InChI=1S/C24H21BrNO4P/c25-19-13-11-18(12-14-19)22(17-23(27)26-15-16-30-24(26)28)31(29,20-7-3-1-4-8-20)21-9-5-2-6-10-21/h1-14,22H,15-17H2/t22-/m0/s1. The topological polar surface area (TPSA) is 63.7 Å². The third-order valence-electron chi connectivity index (χ3n) is 5.40. The molecule has 0 aliphatic carbocycles. The fourth-order valence-corrected chi connectivity index (χ4v) is 7.36. The van der Waals surface area contributed by atoms with Gasteiger partial charge in [0.2, 0.25) is 5.91 Å². The zero-order valence-electron chi connectivity index (χ0n) is 16.7. The molecule has 1 aliphatic rings. The van der Waals surface area contributed by atoms with Crippen LogP contribution in [0.5, 0.6) is 0 Å². The Kier molecular flexibility index (Phi) is 6.40. The smallest absolute Gasteiger partial charge is 0.416 e. The van der Waals surface area contributed by atoms with E-state index in [2.05, 4.69) is 15.9 Å². The van der Waals surface area contributed by atoms with E-state index in [1.165, 1.54) is 0 Å². The molecule has 3 aromatic carbocycles. The molecule has 0 bridgehead atoms. The Morgan fingerprint density at radius 3 is 1.97 bits per heavy atom. The van der Waals surface area contributed by atoms with Gasteiger partial charge in [-0.15, -0.1) is 0 Å². The average molecular weight is 498 g/mol. The molecule has 1 heterocycles. The van der Waals surface area contributed by atoms with Gasteiger partial charge in [-0.2, -0.15) is 0 Å². The molecule has 3 aromatic rings. The summed E-state index contributed by atoms with van der Waals surface area (Å²) >= 11 is 3.44. The number of benzene rings is 3. The Labute approximate surface area is 189 Å². The summed E-state index contributed by atoms with van der Waals surface area (Å²) in [5.41, 5.74) is 0.145. The van der Waals surface area contributed by atoms with Crippen molar-refractivity contribution in [3.05, 3.63) is 95.0 Å². The molecule has 1 saturated heterocycles. The molecule has 5 nitrogen and oxygen atoms in total. The number of carbonyl (C=O) groups is 2. The van der Waals surface area contributed by atoms with Gasteiger partial charge in [-0.1, -0.05) is 88.7 Å². The van der Waals surface area contributed by atoms with Crippen LogP contribution in [0.15, 0.2) is 89.4 Å².